The largest absolute Gasteiger partial charge is 0.491 e. The van der Waals surface area contributed by atoms with Crippen LogP contribution >= 0.6 is 0 Å². The van der Waals surface area contributed by atoms with Crippen LogP contribution in [-0.2, 0) is 0 Å². The molecule has 1 aromatic rings. The zero-order valence-electron chi connectivity index (χ0n) is 5.58. The molecule has 0 amide bonds. The van der Waals surface area contributed by atoms with Crippen LogP contribution in [0.5, 0.6) is 5.75 Å². The van der Waals surface area contributed by atoms with Gasteiger partial charge in [-0.05, 0) is 18.2 Å². The van der Waals surface area contributed by atoms with Crippen molar-refractivity contribution in [2.75, 3.05) is 13.2 Å². The van der Waals surface area contributed by atoms with Gasteiger partial charge in [-0.25, -0.2) is 0 Å². The van der Waals surface area contributed by atoms with Gasteiger partial charge in [0.25, 0.3) is 0 Å². The summed E-state index contributed by atoms with van der Waals surface area (Å²) in [6.45, 7) is 0.396. The second kappa shape index (κ2) is 3.90. The summed E-state index contributed by atoms with van der Waals surface area (Å²) < 4.78 is 5.07. The number of benzene rings is 1. The van der Waals surface area contributed by atoms with Gasteiger partial charge >= 0.3 is 0 Å². The van der Waals surface area contributed by atoms with Crippen LogP contribution in [0.1, 0.15) is 0 Å². The minimum absolute atomic E-state index is 0.0505. The Labute approximate surface area is 60.1 Å². The van der Waals surface area contributed by atoms with E-state index in [1.54, 1.807) is 12.1 Å². The van der Waals surface area contributed by atoms with Gasteiger partial charge in [0.1, 0.15) is 12.4 Å². The van der Waals surface area contributed by atoms with Gasteiger partial charge in [0.15, 0.2) is 0 Å². The molecule has 0 saturated carbocycles. The lowest BCUT2D eigenvalue weighted by atomic mass is 10.3. The van der Waals surface area contributed by atoms with Crippen molar-refractivity contribution in [3.05, 3.63) is 30.3 Å². The first-order valence-electron chi connectivity index (χ1n) is 3.13. The first-order valence-corrected chi connectivity index (χ1v) is 3.13. The van der Waals surface area contributed by atoms with Crippen molar-refractivity contribution in [1.29, 1.82) is 0 Å². The Morgan fingerprint density at radius 1 is 1.60 bits per heavy atom. The van der Waals surface area contributed by atoms with E-state index in [-0.39, 0.29) is 6.61 Å². The van der Waals surface area contributed by atoms with E-state index >= 15 is 0 Å². The lowest BCUT2D eigenvalue weighted by molar-refractivity contribution is 0.201. The van der Waals surface area contributed by atoms with E-state index in [0.717, 1.165) is 5.75 Å². The average Bonchev–Trinajstić information content (AvgIpc) is 2.03. The first-order chi connectivity index (χ1) is 4.93. The van der Waals surface area contributed by atoms with Gasteiger partial charge in [-0.1, -0.05) is 12.1 Å². The summed E-state index contributed by atoms with van der Waals surface area (Å²) in [6, 6.07) is 10.1. The SMILES string of the molecule is OCCOc1c[c]ccc1. The van der Waals surface area contributed by atoms with Crippen LogP contribution < -0.4 is 4.74 Å². The van der Waals surface area contributed by atoms with E-state index in [0.29, 0.717) is 6.61 Å². The molecule has 0 heterocycles. The Kier molecular flexibility index (Phi) is 2.77. The van der Waals surface area contributed by atoms with Crippen molar-refractivity contribution in [2.45, 2.75) is 0 Å². The smallest absolute Gasteiger partial charge is 0.120 e. The molecule has 0 fully saturated rings. The van der Waals surface area contributed by atoms with Crippen LogP contribution in [0.2, 0.25) is 0 Å². The minimum atomic E-state index is 0.0505. The fourth-order valence-corrected chi connectivity index (χ4v) is 0.630. The highest BCUT2D eigenvalue weighted by molar-refractivity contribution is 5.19. The van der Waals surface area contributed by atoms with E-state index in [4.69, 9.17) is 9.84 Å². The Hall–Kier alpha value is -1.02. The van der Waals surface area contributed by atoms with Gasteiger partial charge in [-0.2, -0.15) is 0 Å². The zero-order chi connectivity index (χ0) is 7.23. The molecule has 0 aliphatic rings. The maximum atomic E-state index is 8.39. The lowest BCUT2D eigenvalue weighted by Gasteiger charge is -2.01. The molecule has 0 spiro atoms. The van der Waals surface area contributed by atoms with Crippen molar-refractivity contribution in [3.63, 3.8) is 0 Å². The van der Waals surface area contributed by atoms with Crippen LogP contribution in [-0.4, -0.2) is 18.3 Å². The molecule has 0 aromatic heterocycles. The Balaban J connectivity index is 2.43. The third kappa shape index (κ3) is 2.07. The summed E-state index contributed by atoms with van der Waals surface area (Å²) in [6.07, 6.45) is 0. The van der Waals surface area contributed by atoms with Gasteiger partial charge in [-0.3, -0.25) is 0 Å². The predicted molar refractivity (Wildman–Crippen MR) is 37.9 cm³/mol. The maximum absolute atomic E-state index is 8.39. The monoisotopic (exact) mass is 137 g/mol. The summed E-state index contributed by atoms with van der Waals surface area (Å²) >= 11 is 0. The van der Waals surface area contributed by atoms with E-state index in [2.05, 4.69) is 6.07 Å². The molecular formula is C8H9O2. The van der Waals surface area contributed by atoms with Gasteiger partial charge in [-0.15, -0.1) is 0 Å². The first kappa shape index (κ1) is 7.09. The van der Waals surface area contributed by atoms with Gasteiger partial charge in [0, 0.05) is 0 Å². The molecule has 0 atom stereocenters. The molecule has 0 aliphatic heterocycles. The molecule has 53 valence electrons. The van der Waals surface area contributed by atoms with Crippen LogP contribution in [0, 0.1) is 6.07 Å². The van der Waals surface area contributed by atoms with Crippen molar-refractivity contribution in [2.24, 2.45) is 0 Å². The molecule has 0 unspecified atom stereocenters. The van der Waals surface area contributed by atoms with Crippen LogP contribution in [0.4, 0.5) is 0 Å². The molecule has 2 nitrogen and oxygen atoms in total. The zero-order valence-corrected chi connectivity index (χ0v) is 5.58. The van der Waals surface area contributed by atoms with Gasteiger partial charge in [0.05, 0.1) is 6.61 Å². The van der Waals surface area contributed by atoms with Crippen LogP contribution in [0.3, 0.4) is 0 Å². The van der Waals surface area contributed by atoms with E-state index in [9.17, 15) is 0 Å². The molecule has 2 heteroatoms. The van der Waals surface area contributed by atoms with Crippen molar-refractivity contribution >= 4 is 0 Å². The van der Waals surface area contributed by atoms with Crippen molar-refractivity contribution in [3.8, 4) is 5.75 Å². The number of aliphatic hydroxyl groups is 1. The van der Waals surface area contributed by atoms with Crippen molar-refractivity contribution in [1.82, 2.24) is 0 Å². The molecular weight excluding hydrogens is 128 g/mol. The molecule has 1 radical (unpaired) electrons. The Morgan fingerprint density at radius 2 is 2.50 bits per heavy atom. The highest BCUT2D eigenvalue weighted by Gasteiger charge is 1.87. The third-order valence-electron chi connectivity index (χ3n) is 1.04. The van der Waals surface area contributed by atoms with Crippen LogP contribution in [0.15, 0.2) is 24.3 Å². The van der Waals surface area contributed by atoms with Crippen molar-refractivity contribution < 1.29 is 9.84 Å². The highest BCUT2D eigenvalue weighted by Crippen LogP contribution is 2.06. The summed E-state index contributed by atoms with van der Waals surface area (Å²) in [5.74, 6) is 0.747. The number of hydrogen-bond acceptors (Lipinski definition) is 2. The van der Waals surface area contributed by atoms with Gasteiger partial charge < -0.3 is 9.84 Å². The molecule has 0 aliphatic carbocycles. The third-order valence-corrected chi connectivity index (χ3v) is 1.04. The maximum Gasteiger partial charge on any atom is 0.120 e. The van der Waals surface area contributed by atoms with Crippen LogP contribution in [0.25, 0.3) is 0 Å². The number of hydrogen-bond donors (Lipinski definition) is 1. The molecule has 0 bridgehead atoms. The van der Waals surface area contributed by atoms with E-state index < -0.39 is 0 Å². The van der Waals surface area contributed by atoms with E-state index in [1.165, 1.54) is 0 Å². The second-order valence-electron chi connectivity index (χ2n) is 1.81. The van der Waals surface area contributed by atoms with E-state index in [1.807, 2.05) is 12.1 Å². The molecule has 0 saturated heterocycles. The molecule has 1 N–H and O–H groups in total. The molecule has 1 aromatic carbocycles. The quantitative estimate of drug-likeness (QED) is 0.669. The summed E-state index contributed by atoms with van der Waals surface area (Å²) in [7, 11) is 0. The fraction of sp³-hybridized carbons (Fsp3) is 0.250. The molecule has 10 heavy (non-hydrogen) atoms. The minimum Gasteiger partial charge on any atom is -0.491 e. The van der Waals surface area contributed by atoms with Gasteiger partial charge in [0.2, 0.25) is 0 Å². The Bertz CT molecular complexity index is 172. The molecule has 1 rings (SSSR count). The average molecular weight is 137 g/mol. The Morgan fingerprint density at radius 3 is 3.10 bits per heavy atom. The number of ether oxygens (including phenoxy) is 1. The number of rotatable bonds is 3. The summed E-state index contributed by atoms with van der Waals surface area (Å²) in [5, 5.41) is 8.39. The summed E-state index contributed by atoms with van der Waals surface area (Å²) in [4.78, 5) is 0. The fourth-order valence-electron chi connectivity index (χ4n) is 0.630. The topological polar surface area (TPSA) is 29.5 Å². The predicted octanol–water partition coefficient (Wildman–Crippen LogP) is 0.858. The number of aliphatic hydroxyl groups excluding tert-OH is 1. The highest BCUT2D eigenvalue weighted by atomic mass is 16.5. The standard InChI is InChI=1S/C8H9O2/c9-6-7-10-8-4-2-1-3-5-8/h1-2,4-5,9H,6-7H2. The summed E-state index contributed by atoms with van der Waals surface area (Å²) in [5.41, 5.74) is 0. The second-order valence-corrected chi connectivity index (χ2v) is 1.81. The normalized spacial score (nSPS) is 9.30. The lowest BCUT2D eigenvalue weighted by Crippen LogP contribution is -2.00.